The van der Waals surface area contributed by atoms with Gasteiger partial charge in [0.2, 0.25) is 0 Å². The summed E-state index contributed by atoms with van der Waals surface area (Å²) < 4.78 is 27.7. The molecule has 0 spiro atoms. The molecule has 0 aliphatic carbocycles. The van der Waals surface area contributed by atoms with E-state index in [4.69, 9.17) is 0 Å². The van der Waals surface area contributed by atoms with Gasteiger partial charge in [-0.05, 0) is 67.3 Å². The molecule has 0 saturated heterocycles. The minimum atomic E-state index is -3.68. The Kier molecular flexibility index (Phi) is 6.81. The molecular formula is C25H28N2O3S. The first-order valence-electron chi connectivity index (χ1n) is 10.2. The lowest BCUT2D eigenvalue weighted by Crippen LogP contribution is -2.32. The number of carbonyl (C=O) groups is 1. The van der Waals surface area contributed by atoms with E-state index < -0.39 is 10.0 Å². The highest BCUT2D eigenvalue weighted by molar-refractivity contribution is 7.92. The molecule has 3 aromatic carbocycles. The Labute approximate surface area is 184 Å². The summed E-state index contributed by atoms with van der Waals surface area (Å²) in [4.78, 5) is 13.0. The van der Waals surface area contributed by atoms with Crippen molar-refractivity contribution < 1.29 is 13.2 Å². The lowest BCUT2D eigenvalue weighted by atomic mass is 9.92. The largest absolute Gasteiger partial charge is 0.345 e. The summed E-state index contributed by atoms with van der Waals surface area (Å²) in [7, 11) is -3.68. The summed E-state index contributed by atoms with van der Waals surface area (Å²) in [5.41, 5.74) is 4.07. The van der Waals surface area contributed by atoms with Crippen LogP contribution in [0.2, 0.25) is 0 Å². The van der Waals surface area contributed by atoms with Crippen molar-refractivity contribution >= 4 is 21.6 Å². The fourth-order valence-electron chi connectivity index (χ4n) is 3.38. The molecule has 0 saturated carbocycles. The number of anilines is 1. The van der Waals surface area contributed by atoms with Crippen LogP contribution < -0.4 is 10.0 Å². The molecule has 5 nitrogen and oxygen atoms in total. The molecule has 31 heavy (non-hydrogen) atoms. The summed E-state index contributed by atoms with van der Waals surface area (Å²) in [6, 6.07) is 21.0. The van der Waals surface area contributed by atoms with Crippen LogP contribution in [-0.2, 0) is 10.0 Å². The van der Waals surface area contributed by atoms with Crippen LogP contribution >= 0.6 is 0 Å². The lowest BCUT2D eigenvalue weighted by Gasteiger charge is -2.24. The number of nitrogens with one attached hydrogen (secondary N) is 2. The quantitative estimate of drug-likeness (QED) is 0.532. The number of benzene rings is 3. The second-order valence-corrected chi connectivity index (χ2v) is 9.73. The van der Waals surface area contributed by atoms with Crippen LogP contribution in [0.4, 0.5) is 5.69 Å². The second kappa shape index (κ2) is 9.35. The molecule has 0 aliphatic rings. The van der Waals surface area contributed by atoms with Crippen LogP contribution in [0.5, 0.6) is 0 Å². The summed E-state index contributed by atoms with van der Waals surface area (Å²) in [6.45, 7) is 8.07. The van der Waals surface area contributed by atoms with E-state index in [9.17, 15) is 13.2 Å². The Hall–Kier alpha value is -3.12. The van der Waals surface area contributed by atoms with Crippen molar-refractivity contribution in [2.45, 2.75) is 38.6 Å². The van der Waals surface area contributed by atoms with Gasteiger partial charge in [0.1, 0.15) is 0 Å². The van der Waals surface area contributed by atoms with Crippen LogP contribution in [0.1, 0.15) is 46.9 Å². The molecule has 162 valence electrons. The third-order valence-electron chi connectivity index (χ3n) is 5.21. The predicted molar refractivity (Wildman–Crippen MR) is 125 cm³/mol. The zero-order valence-corrected chi connectivity index (χ0v) is 19.0. The molecule has 3 rings (SSSR count). The van der Waals surface area contributed by atoms with Crippen molar-refractivity contribution in [2.75, 3.05) is 4.72 Å². The summed E-state index contributed by atoms with van der Waals surface area (Å²) in [5, 5.41) is 3.11. The van der Waals surface area contributed by atoms with E-state index in [0.29, 0.717) is 11.3 Å². The van der Waals surface area contributed by atoms with Gasteiger partial charge < -0.3 is 5.32 Å². The maximum Gasteiger partial charge on any atom is 0.261 e. The van der Waals surface area contributed by atoms with Gasteiger partial charge in [-0.25, -0.2) is 8.42 Å². The topological polar surface area (TPSA) is 75.3 Å². The lowest BCUT2D eigenvalue weighted by molar-refractivity contribution is 0.0925. The van der Waals surface area contributed by atoms with E-state index in [1.807, 2.05) is 38.1 Å². The molecule has 1 amide bonds. The van der Waals surface area contributed by atoms with E-state index in [0.717, 1.165) is 16.7 Å². The number of hydrogen-bond acceptors (Lipinski definition) is 3. The van der Waals surface area contributed by atoms with E-state index >= 15 is 0 Å². The Morgan fingerprint density at radius 1 is 0.839 bits per heavy atom. The Bertz CT molecular complexity index is 1150. The van der Waals surface area contributed by atoms with Crippen LogP contribution in [0.3, 0.4) is 0 Å². The zero-order chi connectivity index (χ0) is 22.6. The third-order valence-corrected chi connectivity index (χ3v) is 6.60. The highest BCUT2D eigenvalue weighted by atomic mass is 32.2. The molecule has 0 aliphatic heterocycles. The number of amides is 1. The van der Waals surface area contributed by atoms with Crippen molar-refractivity contribution in [3.63, 3.8) is 0 Å². The highest BCUT2D eigenvalue weighted by Gasteiger charge is 2.21. The average Bonchev–Trinajstić information content (AvgIpc) is 2.73. The standard InChI is InChI=1S/C25H28N2O3S/c1-17(2)24(23-8-6-5-7-19(23)4)26-25(28)20-11-13-21(14-12-20)27-31(29,30)22-15-9-18(3)10-16-22/h5-17,24,27H,1-4H3,(H,26,28). The maximum atomic E-state index is 12.8. The SMILES string of the molecule is Cc1ccc(S(=O)(=O)Nc2ccc(C(=O)NC(c3ccccc3C)C(C)C)cc2)cc1. The van der Waals surface area contributed by atoms with Gasteiger partial charge in [-0.2, -0.15) is 0 Å². The molecule has 0 bridgehead atoms. The first kappa shape index (κ1) is 22.6. The van der Waals surface area contributed by atoms with Gasteiger partial charge in [-0.15, -0.1) is 0 Å². The number of sulfonamides is 1. The molecule has 1 unspecified atom stereocenters. The van der Waals surface area contributed by atoms with E-state index in [1.54, 1.807) is 48.5 Å². The predicted octanol–water partition coefficient (Wildman–Crippen LogP) is 5.23. The van der Waals surface area contributed by atoms with Gasteiger partial charge in [0, 0.05) is 11.3 Å². The number of carbonyl (C=O) groups excluding carboxylic acids is 1. The van der Waals surface area contributed by atoms with Crippen molar-refractivity contribution in [3.8, 4) is 0 Å². The Morgan fingerprint density at radius 2 is 1.45 bits per heavy atom. The minimum absolute atomic E-state index is 0.117. The average molecular weight is 437 g/mol. The summed E-state index contributed by atoms with van der Waals surface area (Å²) >= 11 is 0. The van der Waals surface area contributed by atoms with Crippen molar-refractivity contribution in [1.82, 2.24) is 5.32 Å². The van der Waals surface area contributed by atoms with Crippen molar-refractivity contribution in [2.24, 2.45) is 5.92 Å². The molecule has 3 aromatic rings. The van der Waals surface area contributed by atoms with E-state index in [-0.39, 0.29) is 22.8 Å². The zero-order valence-electron chi connectivity index (χ0n) is 18.2. The van der Waals surface area contributed by atoms with Gasteiger partial charge in [-0.3, -0.25) is 9.52 Å². The number of aryl methyl sites for hydroxylation is 2. The van der Waals surface area contributed by atoms with Crippen LogP contribution in [-0.4, -0.2) is 14.3 Å². The maximum absolute atomic E-state index is 12.8. The van der Waals surface area contributed by atoms with Gasteiger partial charge in [0.05, 0.1) is 10.9 Å². The first-order valence-corrected chi connectivity index (χ1v) is 11.7. The fraction of sp³-hybridized carbons (Fsp3) is 0.240. The molecule has 0 aromatic heterocycles. The van der Waals surface area contributed by atoms with Gasteiger partial charge in [-0.1, -0.05) is 55.8 Å². The van der Waals surface area contributed by atoms with Gasteiger partial charge in [0.25, 0.3) is 15.9 Å². The van der Waals surface area contributed by atoms with Crippen LogP contribution in [0.25, 0.3) is 0 Å². The van der Waals surface area contributed by atoms with Crippen LogP contribution in [0, 0.1) is 19.8 Å². The summed E-state index contributed by atoms with van der Waals surface area (Å²) in [5.74, 6) is 0.0144. The smallest absolute Gasteiger partial charge is 0.261 e. The Balaban J connectivity index is 1.74. The molecular weight excluding hydrogens is 408 g/mol. The summed E-state index contributed by atoms with van der Waals surface area (Å²) in [6.07, 6.45) is 0. The molecule has 0 heterocycles. The molecule has 0 radical (unpaired) electrons. The number of hydrogen-bond donors (Lipinski definition) is 2. The van der Waals surface area contributed by atoms with Crippen molar-refractivity contribution in [3.05, 3.63) is 95.1 Å². The van der Waals surface area contributed by atoms with Gasteiger partial charge in [0.15, 0.2) is 0 Å². The van der Waals surface area contributed by atoms with E-state index in [2.05, 4.69) is 23.9 Å². The Morgan fingerprint density at radius 3 is 2.03 bits per heavy atom. The first-order chi connectivity index (χ1) is 14.7. The fourth-order valence-corrected chi connectivity index (χ4v) is 4.44. The molecule has 6 heteroatoms. The second-order valence-electron chi connectivity index (χ2n) is 8.05. The normalized spacial score (nSPS) is 12.4. The molecule has 2 N–H and O–H groups in total. The minimum Gasteiger partial charge on any atom is -0.345 e. The molecule has 0 fully saturated rings. The van der Waals surface area contributed by atoms with Gasteiger partial charge >= 0.3 is 0 Å². The third kappa shape index (κ3) is 5.52. The molecule has 1 atom stereocenters. The highest BCUT2D eigenvalue weighted by Crippen LogP contribution is 2.25. The van der Waals surface area contributed by atoms with E-state index in [1.165, 1.54) is 0 Å². The van der Waals surface area contributed by atoms with Crippen LogP contribution in [0.15, 0.2) is 77.7 Å². The number of rotatable bonds is 7. The van der Waals surface area contributed by atoms with Crippen molar-refractivity contribution in [1.29, 1.82) is 0 Å². The monoisotopic (exact) mass is 436 g/mol.